The number of hydrogen-bond acceptors (Lipinski definition) is 2. The summed E-state index contributed by atoms with van der Waals surface area (Å²) in [6, 6.07) is 6.70. The molecule has 1 aliphatic rings. The fourth-order valence-electron chi connectivity index (χ4n) is 2.14. The first-order valence-electron chi connectivity index (χ1n) is 6.76. The molecule has 1 aliphatic carbocycles. The Morgan fingerprint density at radius 2 is 1.89 bits per heavy atom. The highest BCUT2D eigenvalue weighted by atomic mass is 16.1. The van der Waals surface area contributed by atoms with Crippen LogP contribution in [0.3, 0.4) is 0 Å². The van der Waals surface area contributed by atoms with Gasteiger partial charge in [-0.1, -0.05) is 18.2 Å². The fraction of sp³-hybridized carbons (Fsp3) is 0.533. The smallest absolute Gasteiger partial charge is 0.251 e. The van der Waals surface area contributed by atoms with Crippen LogP contribution in [0.15, 0.2) is 18.2 Å². The number of aryl methyl sites for hydroxylation is 2. The lowest BCUT2D eigenvalue weighted by Gasteiger charge is -2.10. The molecule has 1 aromatic rings. The average molecular weight is 246 g/mol. The number of carbonyl (C=O) groups excluding carboxylic acids is 1. The van der Waals surface area contributed by atoms with Gasteiger partial charge in [-0.25, -0.2) is 0 Å². The highest BCUT2D eigenvalue weighted by Gasteiger charge is 2.19. The van der Waals surface area contributed by atoms with Crippen LogP contribution in [-0.4, -0.2) is 25.0 Å². The molecule has 0 bridgehead atoms. The summed E-state index contributed by atoms with van der Waals surface area (Å²) < 4.78 is 0. The number of benzene rings is 1. The molecular formula is C15H22N2O. The van der Waals surface area contributed by atoms with E-state index in [0.717, 1.165) is 42.2 Å². The Labute approximate surface area is 109 Å². The van der Waals surface area contributed by atoms with E-state index < -0.39 is 0 Å². The van der Waals surface area contributed by atoms with Crippen LogP contribution < -0.4 is 10.6 Å². The van der Waals surface area contributed by atoms with Crippen LogP contribution in [0.1, 0.15) is 40.7 Å². The first kappa shape index (κ1) is 13.1. The van der Waals surface area contributed by atoms with Crippen LogP contribution in [0.4, 0.5) is 0 Å². The molecule has 0 atom stereocenters. The molecule has 1 saturated carbocycles. The van der Waals surface area contributed by atoms with Gasteiger partial charge >= 0.3 is 0 Å². The van der Waals surface area contributed by atoms with Crippen molar-refractivity contribution in [1.29, 1.82) is 0 Å². The van der Waals surface area contributed by atoms with Gasteiger partial charge in [0.2, 0.25) is 0 Å². The van der Waals surface area contributed by atoms with Crippen molar-refractivity contribution in [1.82, 2.24) is 10.6 Å². The van der Waals surface area contributed by atoms with E-state index in [1.54, 1.807) is 0 Å². The largest absolute Gasteiger partial charge is 0.352 e. The van der Waals surface area contributed by atoms with Crippen LogP contribution in [0.2, 0.25) is 0 Å². The van der Waals surface area contributed by atoms with Gasteiger partial charge in [0.15, 0.2) is 0 Å². The molecule has 0 unspecified atom stereocenters. The third kappa shape index (κ3) is 3.57. The van der Waals surface area contributed by atoms with Gasteiger partial charge in [0.25, 0.3) is 5.91 Å². The molecule has 18 heavy (non-hydrogen) atoms. The first-order valence-corrected chi connectivity index (χ1v) is 6.76. The molecule has 2 N–H and O–H groups in total. The van der Waals surface area contributed by atoms with Crippen LogP contribution in [0, 0.1) is 13.8 Å². The second-order valence-electron chi connectivity index (χ2n) is 5.10. The Hall–Kier alpha value is -1.35. The van der Waals surface area contributed by atoms with Crippen molar-refractivity contribution >= 4 is 5.91 Å². The SMILES string of the molecule is Cc1cccc(C)c1C(=O)NCCCNC1CC1. The lowest BCUT2D eigenvalue weighted by Crippen LogP contribution is -2.28. The van der Waals surface area contributed by atoms with Crippen molar-refractivity contribution in [3.05, 3.63) is 34.9 Å². The van der Waals surface area contributed by atoms with Crippen LogP contribution in [0.5, 0.6) is 0 Å². The summed E-state index contributed by atoms with van der Waals surface area (Å²) in [6.07, 6.45) is 3.62. The van der Waals surface area contributed by atoms with Crippen LogP contribution >= 0.6 is 0 Å². The van der Waals surface area contributed by atoms with Gasteiger partial charge in [0.1, 0.15) is 0 Å². The topological polar surface area (TPSA) is 41.1 Å². The van der Waals surface area contributed by atoms with Gasteiger partial charge in [-0.2, -0.15) is 0 Å². The molecule has 2 rings (SSSR count). The second kappa shape index (κ2) is 6.01. The van der Waals surface area contributed by atoms with E-state index in [4.69, 9.17) is 0 Å². The lowest BCUT2D eigenvalue weighted by atomic mass is 10.0. The van der Waals surface area contributed by atoms with Crippen molar-refractivity contribution < 1.29 is 4.79 Å². The summed E-state index contributed by atoms with van der Waals surface area (Å²) in [5.41, 5.74) is 2.92. The summed E-state index contributed by atoms with van der Waals surface area (Å²) in [7, 11) is 0. The Morgan fingerprint density at radius 3 is 2.50 bits per heavy atom. The van der Waals surface area contributed by atoms with E-state index in [1.165, 1.54) is 12.8 Å². The maximum Gasteiger partial charge on any atom is 0.251 e. The predicted molar refractivity (Wildman–Crippen MR) is 73.9 cm³/mol. The molecule has 3 nitrogen and oxygen atoms in total. The number of hydrogen-bond donors (Lipinski definition) is 2. The number of nitrogens with one attached hydrogen (secondary N) is 2. The molecule has 0 saturated heterocycles. The van der Waals surface area contributed by atoms with E-state index in [9.17, 15) is 4.79 Å². The zero-order valence-electron chi connectivity index (χ0n) is 11.3. The third-order valence-corrected chi connectivity index (χ3v) is 3.36. The van der Waals surface area contributed by atoms with Crippen molar-refractivity contribution in [2.24, 2.45) is 0 Å². The summed E-state index contributed by atoms with van der Waals surface area (Å²) in [4.78, 5) is 12.1. The second-order valence-corrected chi connectivity index (χ2v) is 5.10. The molecule has 3 heteroatoms. The molecular weight excluding hydrogens is 224 g/mol. The van der Waals surface area contributed by atoms with E-state index in [2.05, 4.69) is 10.6 Å². The Morgan fingerprint density at radius 1 is 1.22 bits per heavy atom. The standard InChI is InChI=1S/C15H22N2O/c1-11-5-3-6-12(2)14(11)15(18)17-10-4-9-16-13-7-8-13/h3,5-6,13,16H,4,7-10H2,1-2H3,(H,17,18). The van der Waals surface area contributed by atoms with Crippen molar-refractivity contribution in [2.75, 3.05) is 13.1 Å². The number of amides is 1. The number of carbonyl (C=O) groups is 1. The van der Waals surface area contributed by atoms with Gasteiger partial charge in [-0.3, -0.25) is 4.79 Å². The molecule has 0 radical (unpaired) electrons. The lowest BCUT2D eigenvalue weighted by molar-refractivity contribution is 0.0952. The highest BCUT2D eigenvalue weighted by Crippen LogP contribution is 2.18. The summed E-state index contributed by atoms with van der Waals surface area (Å²) >= 11 is 0. The quantitative estimate of drug-likeness (QED) is 0.755. The summed E-state index contributed by atoms with van der Waals surface area (Å²) in [5.74, 6) is 0.0528. The van der Waals surface area contributed by atoms with E-state index >= 15 is 0 Å². The summed E-state index contributed by atoms with van der Waals surface area (Å²) in [6.45, 7) is 5.71. The van der Waals surface area contributed by atoms with Gasteiger partial charge < -0.3 is 10.6 Å². The van der Waals surface area contributed by atoms with E-state index in [1.807, 2.05) is 32.0 Å². The maximum absolute atomic E-state index is 12.1. The van der Waals surface area contributed by atoms with Gasteiger partial charge in [0, 0.05) is 18.2 Å². The minimum Gasteiger partial charge on any atom is -0.352 e. The highest BCUT2D eigenvalue weighted by molar-refractivity contribution is 5.97. The molecule has 0 spiro atoms. The maximum atomic E-state index is 12.1. The Bertz CT molecular complexity index is 404. The minimum atomic E-state index is 0.0528. The molecule has 0 aliphatic heterocycles. The fourth-order valence-corrected chi connectivity index (χ4v) is 2.14. The Kier molecular flexibility index (Phi) is 4.37. The van der Waals surface area contributed by atoms with Crippen LogP contribution in [-0.2, 0) is 0 Å². The molecule has 1 aromatic carbocycles. The predicted octanol–water partition coefficient (Wildman–Crippen LogP) is 2.18. The molecule has 0 heterocycles. The zero-order chi connectivity index (χ0) is 13.0. The van der Waals surface area contributed by atoms with Crippen LogP contribution in [0.25, 0.3) is 0 Å². The average Bonchev–Trinajstić information content (AvgIpc) is 3.12. The van der Waals surface area contributed by atoms with Gasteiger partial charge in [-0.05, 0) is 50.8 Å². The van der Waals surface area contributed by atoms with E-state index in [-0.39, 0.29) is 5.91 Å². The molecule has 98 valence electrons. The van der Waals surface area contributed by atoms with Crippen molar-refractivity contribution in [2.45, 2.75) is 39.2 Å². The summed E-state index contributed by atoms with van der Waals surface area (Å²) in [5, 5.41) is 6.44. The van der Waals surface area contributed by atoms with Gasteiger partial charge in [-0.15, -0.1) is 0 Å². The van der Waals surface area contributed by atoms with Crippen molar-refractivity contribution in [3.8, 4) is 0 Å². The normalized spacial score (nSPS) is 14.6. The molecule has 1 fully saturated rings. The van der Waals surface area contributed by atoms with Crippen molar-refractivity contribution in [3.63, 3.8) is 0 Å². The zero-order valence-corrected chi connectivity index (χ0v) is 11.3. The van der Waals surface area contributed by atoms with Gasteiger partial charge in [0.05, 0.1) is 0 Å². The monoisotopic (exact) mass is 246 g/mol. The van der Waals surface area contributed by atoms with E-state index in [0.29, 0.717) is 0 Å². The number of rotatable bonds is 6. The minimum absolute atomic E-state index is 0.0528. The first-order chi connectivity index (χ1) is 8.68. The molecule has 0 aromatic heterocycles. The molecule has 1 amide bonds. The Balaban J connectivity index is 1.76. The third-order valence-electron chi connectivity index (χ3n) is 3.36.